The number of hydrogen-bond donors (Lipinski definition) is 2. The third kappa shape index (κ3) is 3.67. The number of ether oxygens (including phenoxy) is 2. The number of methoxy groups -OCH3 is 1. The molecule has 142 valence electrons. The van der Waals surface area contributed by atoms with Gasteiger partial charge in [-0.1, -0.05) is 0 Å². The second kappa shape index (κ2) is 7.19. The van der Waals surface area contributed by atoms with Crippen LogP contribution in [0, 0.1) is 21.3 Å². The number of primary amides is 1. The fourth-order valence-electron chi connectivity index (χ4n) is 5.78. The summed E-state index contributed by atoms with van der Waals surface area (Å²) < 4.78 is 11.9. The van der Waals surface area contributed by atoms with Gasteiger partial charge in [-0.2, -0.15) is 0 Å². The number of rotatable bonds is 7. The number of carbonyl (C=O) groups excluding carboxylic acids is 1. The molecule has 1 aromatic carbocycles. The topological polar surface area (TPSA) is 73.6 Å². The molecule has 4 fully saturated rings. The molecular weight excluding hydrogens is 443 g/mol. The predicted octanol–water partition coefficient (Wildman–Crippen LogP) is 3.22. The quantitative estimate of drug-likeness (QED) is 0.601. The Kier molecular flexibility index (Phi) is 5.07. The molecule has 0 radical (unpaired) electrons. The summed E-state index contributed by atoms with van der Waals surface area (Å²) in [4.78, 5) is 11.0. The Morgan fingerprint density at radius 2 is 1.85 bits per heavy atom. The highest BCUT2D eigenvalue weighted by Crippen LogP contribution is 2.55. The third-order valence-corrected chi connectivity index (χ3v) is 7.16. The maximum absolute atomic E-state index is 11.0. The Labute approximate surface area is 168 Å². The van der Waals surface area contributed by atoms with Gasteiger partial charge in [0.15, 0.2) is 18.1 Å². The largest absolute Gasteiger partial charge is 0.493 e. The van der Waals surface area contributed by atoms with E-state index in [-0.39, 0.29) is 6.61 Å². The average Bonchev–Trinajstić information content (AvgIpc) is 2.57. The lowest BCUT2D eigenvalue weighted by molar-refractivity contribution is -0.119. The van der Waals surface area contributed by atoms with Crippen LogP contribution < -0.4 is 20.5 Å². The fourth-order valence-corrected chi connectivity index (χ4v) is 6.60. The molecule has 5 rings (SSSR count). The van der Waals surface area contributed by atoms with Crippen molar-refractivity contribution in [2.75, 3.05) is 13.7 Å². The predicted molar refractivity (Wildman–Crippen MR) is 108 cm³/mol. The van der Waals surface area contributed by atoms with Gasteiger partial charge in [-0.15, -0.1) is 0 Å². The van der Waals surface area contributed by atoms with Gasteiger partial charge >= 0.3 is 0 Å². The first-order valence-electron chi connectivity index (χ1n) is 9.49. The maximum atomic E-state index is 11.0. The van der Waals surface area contributed by atoms with Gasteiger partial charge < -0.3 is 20.5 Å². The molecule has 4 saturated carbocycles. The van der Waals surface area contributed by atoms with E-state index in [9.17, 15) is 4.79 Å². The number of nitrogens with two attached hydrogens (primary N) is 1. The second-order valence-electron chi connectivity index (χ2n) is 8.42. The first-order valence-corrected chi connectivity index (χ1v) is 10.6. The van der Waals surface area contributed by atoms with Gasteiger partial charge in [0.2, 0.25) is 0 Å². The molecule has 4 aliphatic rings. The Morgan fingerprint density at radius 3 is 2.38 bits per heavy atom. The number of nitrogens with one attached hydrogen (secondary N) is 1. The van der Waals surface area contributed by atoms with Crippen LogP contribution in [0.25, 0.3) is 0 Å². The zero-order chi connectivity index (χ0) is 18.3. The van der Waals surface area contributed by atoms with Gasteiger partial charge in [-0.05, 0) is 96.6 Å². The highest BCUT2D eigenvalue weighted by atomic mass is 127. The van der Waals surface area contributed by atoms with Crippen molar-refractivity contribution in [2.45, 2.75) is 50.6 Å². The summed E-state index contributed by atoms with van der Waals surface area (Å²) in [6, 6.07) is 4.11. The Balaban J connectivity index is 1.47. The van der Waals surface area contributed by atoms with Crippen molar-refractivity contribution in [2.24, 2.45) is 23.5 Å². The van der Waals surface area contributed by atoms with Gasteiger partial charge in [-0.25, -0.2) is 0 Å². The van der Waals surface area contributed by atoms with Crippen molar-refractivity contribution in [1.29, 1.82) is 0 Å². The molecule has 0 unspecified atom stereocenters. The van der Waals surface area contributed by atoms with Crippen molar-refractivity contribution >= 4 is 28.5 Å². The molecule has 0 aliphatic heterocycles. The lowest BCUT2D eigenvalue weighted by Gasteiger charge is -2.57. The SMILES string of the molecule is COc1cc(CNC23CC4CC(CC(C4)C2)C3)cc(I)c1OCC(N)=O. The smallest absolute Gasteiger partial charge is 0.255 e. The second-order valence-corrected chi connectivity index (χ2v) is 9.58. The van der Waals surface area contributed by atoms with E-state index in [2.05, 4.69) is 34.0 Å². The number of amides is 1. The van der Waals surface area contributed by atoms with Gasteiger partial charge in [0, 0.05) is 12.1 Å². The molecule has 1 amide bonds. The minimum Gasteiger partial charge on any atom is -0.493 e. The zero-order valence-electron chi connectivity index (χ0n) is 15.2. The lowest BCUT2D eigenvalue weighted by Crippen LogP contribution is -2.58. The highest BCUT2D eigenvalue weighted by Gasteiger charge is 2.50. The lowest BCUT2D eigenvalue weighted by atomic mass is 9.53. The first kappa shape index (κ1) is 18.3. The molecule has 3 N–H and O–H groups in total. The van der Waals surface area contributed by atoms with Crippen LogP contribution in [0.2, 0.25) is 0 Å². The van der Waals surface area contributed by atoms with Crippen LogP contribution in [-0.2, 0) is 11.3 Å². The van der Waals surface area contributed by atoms with Crippen LogP contribution in [0.4, 0.5) is 0 Å². The van der Waals surface area contributed by atoms with Crippen LogP contribution in [-0.4, -0.2) is 25.2 Å². The third-order valence-electron chi connectivity index (χ3n) is 6.35. The highest BCUT2D eigenvalue weighted by molar-refractivity contribution is 14.1. The Morgan fingerprint density at radius 1 is 1.23 bits per heavy atom. The summed E-state index contributed by atoms with van der Waals surface area (Å²) in [7, 11) is 1.62. The van der Waals surface area contributed by atoms with E-state index in [1.54, 1.807) is 7.11 Å². The molecule has 0 spiro atoms. The van der Waals surface area contributed by atoms with E-state index in [0.29, 0.717) is 17.0 Å². The molecule has 0 aromatic heterocycles. The van der Waals surface area contributed by atoms with E-state index < -0.39 is 5.91 Å². The summed E-state index contributed by atoms with van der Waals surface area (Å²) in [5, 5.41) is 3.92. The number of benzene rings is 1. The van der Waals surface area contributed by atoms with Gasteiger partial charge in [0.05, 0.1) is 10.7 Å². The number of halogens is 1. The van der Waals surface area contributed by atoms with Crippen LogP contribution in [0.5, 0.6) is 11.5 Å². The minimum atomic E-state index is -0.490. The summed E-state index contributed by atoms with van der Waals surface area (Å²) in [5.41, 5.74) is 6.72. The summed E-state index contributed by atoms with van der Waals surface area (Å²) >= 11 is 2.23. The maximum Gasteiger partial charge on any atom is 0.255 e. The molecular formula is C20H27IN2O3. The molecule has 5 nitrogen and oxygen atoms in total. The van der Waals surface area contributed by atoms with E-state index in [1.165, 1.54) is 44.1 Å². The van der Waals surface area contributed by atoms with Crippen LogP contribution >= 0.6 is 22.6 Å². The number of carbonyl (C=O) groups is 1. The van der Waals surface area contributed by atoms with Crippen molar-refractivity contribution in [3.8, 4) is 11.5 Å². The van der Waals surface area contributed by atoms with Crippen LogP contribution in [0.15, 0.2) is 12.1 Å². The standard InChI is InChI=1S/C20H27IN2O3/c1-25-17-6-15(5-16(21)19(17)26-11-18(22)24)10-23-20-7-12-2-13(8-20)4-14(3-12)9-20/h5-6,12-14,23H,2-4,7-11H2,1H3,(H2,22,24). The molecule has 26 heavy (non-hydrogen) atoms. The van der Waals surface area contributed by atoms with Gasteiger partial charge in [0.1, 0.15) is 0 Å². The molecule has 0 heterocycles. The monoisotopic (exact) mass is 470 g/mol. The molecule has 6 heteroatoms. The fraction of sp³-hybridized carbons (Fsp3) is 0.650. The van der Waals surface area contributed by atoms with E-state index in [1.807, 2.05) is 6.07 Å². The summed E-state index contributed by atoms with van der Waals surface area (Å²) in [6.07, 6.45) is 8.39. The molecule has 4 bridgehead atoms. The molecule has 0 atom stereocenters. The number of hydrogen-bond acceptors (Lipinski definition) is 4. The zero-order valence-corrected chi connectivity index (χ0v) is 17.4. The minimum absolute atomic E-state index is 0.142. The molecule has 4 aliphatic carbocycles. The molecule has 0 saturated heterocycles. The van der Waals surface area contributed by atoms with Crippen molar-refractivity contribution in [1.82, 2.24) is 5.32 Å². The van der Waals surface area contributed by atoms with Gasteiger partial charge in [-0.3, -0.25) is 4.79 Å². The average molecular weight is 470 g/mol. The summed E-state index contributed by atoms with van der Waals surface area (Å²) in [5.74, 6) is 3.57. The van der Waals surface area contributed by atoms with Crippen LogP contribution in [0.1, 0.15) is 44.1 Å². The summed E-state index contributed by atoms with van der Waals surface area (Å²) in [6.45, 7) is 0.700. The van der Waals surface area contributed by atoms with Gasteiger partial charge in [0.25, 0.3) is 5.91 Å². The Hall–Kier alpha value is -1.02. The van der Waals surface area contributed by atoms with Crippen molar-refractivity contribution < 1.29 is 14.3 Å². The van der Waals surface area contributed by atoms with Crippen molar-refractivity contribution in [3.63, 3.8) is 0 Å². The molecule has 1 aromatic rings. The van der Waals surface area contributed by atoms with E-state index in [0.717, 1.165) is 27.9 Å². The van der Waals surface area contributed by atoms with E-state index in [4.69, 9.17) is 15.2 Å². The first-order chi connectivity index (χ1) is 12.5. The van der Waals surface area contributed by atoms with E-state index >= 15 is 0 Å². The Bertz CT molecular complexity index is 671. The van der Waals surface area contributed by atoms with Crippen molar-refractivity contribution in [3.05, 3.63) is 21.3 Å². The normalized spacial score (nSPS) is 31.8. The van der Waals surface area contributed by atoms with Crippen LogP contribution in [0.3, 0.4) is 0 Å².